The maximum absolute atomic E-state index is 11.8. The van der Waals surface area contributed by atoms with E-state index in [0.29, 0.717) is 13.0 Å². The molecule has 1 aliphatic rings. The van der Waals surface area contributed by atoms with E-state index < -0.39 is 23.7 Å². The number of anilines is 1. The molecular formula is C16H22N2O4. The zero-order valence-electron chi connectivity index (χ0n) is 13.1. The van der Waals surface area contributed by atoms with Gasteiger partial charge in [0.1, 0.15) is 11.6 Å². The van der Waals surface area contributed by atoms with Gasteiger partial charge < -0.3 is 20.5 Å². The van der Waals surface area contributed by atoms with E-state index in [1.54, 1.807) is 20.8 Å². The Morgan fingerprint density at radius 1 is 1.41 bits per heavy atom. The molecule has 6 heteroatoms. The summed E-state index contributed by atoms with van der Waals surface area (Å²) >= 11 is 0. The highest BCUT2D eigenvalue weighted by atomic mass is 16.6. The van der Waals surface area contributed by atoms with E-state index in [2.05, 4.69) is 10.6 Å². The second-order valence-corrected chi connectivity index (χ2v) is 6.44. The van der Waals surface area contributed by atoms with Gasteiger partial charge in [0.2, 0.25) is 0 Å². The molecule has 0 radical (unpaired) electrons. The summed E-state index contributed by atoms with van der Waals surface area (Å²) in [7, 11) is 0. The maximum Gasteiger partial charge on any atom is 0.408 e. The topological polar surface area (TPSA) is 87.7 Å². The van der Waals surface area contributed by atoms with E-state index in [1.165, 1.54) is 0 Å². The summed E-state index contributed by atoms with van der Waals surface area (Å²) in [6.45, 7) is 5.87. The van der Waals surface area contributed by atoms with Crippen LogP contribution in [0.1, 0.15) is 38.7 Å². The van der Waals surface area contributed by atoms with Crippen LogP contribution in [0.15, 0.2) is 24.3 Å². The molecule has 1 aliphatic heterocycles. The molecule has 22 heavy (non-hydrogen) atoms. The number of carboxylic acids is 1. The summed E-state index contributed by atoms with van der Waals surface area (Å²) in [6.07, 6.45) is -0.391. The van der Waals surface area contributed by atoms with Gasteiger partial charge in [-0.1, -0.05) is 18.2 Å². The number of para-hydroxylation sites is 1. The molecule has 0 saturated carbocycles. The molecule has 1 amide bonds. The normalized spacial score (nSPS) is 18.0. The van der Waals surface area contributed by atoms with E-state index in [1.807, 2.05) is 24.3 Å². The number of carboxylic acid groups (broad SMARTS) is 1. The first-order chi connectivity index (χ1) is 10.3. The molecule has 1 unspecified atom stereocenters. The van der Waals surface area contributed by atoms with Gasteiger partial charge in [-0.3, -0.25) is 0 Å². The van der Waals surface area contributed by atoms with Crippen molar-refractivity contribution in [2.24, 2.45) is 0 Å². The molecular weight excluding hydrogens is 284 g/mol. The van der Waals surface area contributed by atoms with Crippen molar-refractivity contribution in [3.8, 4) is 0 Å². The van der Waals surface area contributed by atoms with Crippen LogP contribution in [-0.4, -0.2) is 35.4 Å². The molecule has 2 rings (SSSR count). The van der Waals surface area contributed by atoms with E-state index in [-0.39, 0.29) is 5.92 Å². The molecule has 6 nitrogen and oxygen atoms in total. The smallest absolute Gasteiger partial charge is 0.408 e. The van der Waals surface area contributed by atoms with Crippen molar-refractivity contribution in [1.29, 1.82) is 0 Å². The van der Waals surface area contributed by atoms with Gasteiger partial charge in [0.05, 0.1) is 0 Å². The van der Waals surface area contributed by atoms with Gasteiger partial charge >= 0.3 is 12.1 Å². The van der Waals surface area contributed by atoms with Gasteiger partial charge in [0.15, 0.2) is 0 Å². The number of alkyl carbamates (subject to hydrolysis) is 1. The van der Waals surface area contributed by atoms with Crippen molar-refractivity contribution in [2.75, 3.05) is 11.9 Å². The molecule has 1 aromatic rings. The average molecular weight is 306 g/mol. The fraction of sp³-hybridized carbons (Fsp3) is 0.500. The third-order valence-electron chi connectivity index (χ3n) is 3.45. The highest BCUT2D eigenvalue weighted by molar-refractivity contribution is 5.80. The second-order valence-electron chi connectivity index (χ2n) is 6.44. The quantitative estimate of drug-likeness (QED) is 0.795. The molecule has 0 spiro atoms. The molecule has 1 heterocycles. The van der Waals surface area contributed by atoms with Crippen LogP contribution in [0.2, 0.25) is 0 Å². The van der Waals surface area contributed by atoms with Crippen LogP contribution in [0.4, 0.5) is 10.5 Å². The van der Waals surface area contributed by atoms with E-state index in [4.69, 9.17) is 4.74 Å². The first kappa shape index (κ1) is 16.1. The highest BCUT2D eigenvalue weighted by Crippen LogP contribution is 2.34. The molecule has 2 atom stereocenters. The molecule has 0 bridgehead atoms. The fourth-order valence-electron chi connectivity index (χ4n) is 2.52. The Balaban J connectivity index is 2.02. The zero-order valence-corrected chi connectivity index (χ0v) is 13.1. The third-order valence-corrected chi connectivity index (χ3v) is 3.45. The monoisotopic (exact) mass is 306 g/mol. The second kappa shape index (κ2) is 6.25. The number of carbonyl (C=O) groups is 2. The van der Waals surface area contributed by atoms with Crippen molar-refractivity contribution in [3.63, 3.8) is 0 Å². The number of carbonyl (C=O) groups excluding carboxylic acids is 1. The van der Waals surface area contributed by atoms with Gasteiger partial charge in [-0.2, -0.15) is 0 Å². The minimum atomic E-state index is -1.06. The molecule has 0 aliphatic carbocycles. The van der Waals surface area contributed by atoms with Crippen LogP contribution < -0.4 is 10.6 Å². The van der Waals surface area contributed by atoms with Crippen molar-refractivity contribution in [2.45, 2.75) is 44.8 Å². The Hall–Kier alpha value is -2.24. The Labute approximate surface area is 129 Å². The van der Waals surface area contributed by atoms with Crippen molar-refractivity contribution in [3.05, 3.63) is 29.8 Å². The van der Waals surface area contributed by atoms with Crippen LogP contribution in [0.5, 0.6) is 0 Å². The number of fused-ring (bicyclic) bond motifs is 1. The van der Waals surface area contributed by atoms with Crippen molar-refractivity contribution in [1.82, 2.24) is 5.32 Å². The predicted molar refractivity (Wildman–Crippen MR) is 83.1 cm³/mol. The number of benzene rings is 1. The van der Waals surface area contributed by atoms with Gasteiger partial charge in [-0.15, -0.1) is 0 Å². The Kier molecular flexibility index (Phi) is 4.59. The number of aliphatic carboxylic acids is 1. The predicted octanol–water partition coefficient (Wildman–Crippen LogP) is 2.56. The Morgan fingerprint density at radius 3 is 2.73 bits per heavy atom. The SMILES string of the molecule is CC(C)(C)OC(=O)N[C@@H](CC1CNc2ccccc21)C(=O)O. The summed E-state index contributed by atoms with van der Waals surface area (Å²) in [5, 5.41) is 15.0. The molecule has 3 N–H and O–H groups in total. The maximum atomic E-state index is 11.8. The lowest BCUT2D eigenvalue weighted by Crippen LogP contribution is -2.44. The largest absolute Gasteiger partial charge is 0.480 e. The average Bonchev–Trinajstić information content (AvgIpc) is 2.79. The van der Waals surface area contributed by atoms with Gasteiger partial charge in [0, 0.05) is 18.2 Å². The fourth-order valence-corrected chi connectivity index (χ4v) is 2.52. The third kappa shape index (κ3) is 4.13. The standard InChI is InChI=1S/C16H22N2O4/c1-16(2,3)22-15(21)18-13(14(19)20)8-10-9-17-12-7-5-4-6-11(10)12/h4-7,10,13,17H,8-9H2,1-3H3,(H,18,21)(H,19,20)/t10?,13-/m0/s1. The van der Waals surface area contributed by atoms with E-state index >= 15 is 0 Å². The van der Waals surface area contributed by atoms with E-state index in [0.717, 1.165) is 11.3 Å². The lowest BCUT2D eigenvalue weighted by molar-refractivity contribution is -0.139. The number of amides is 1. The van der Waals surface area contributed by atoms with Crippen molar-refractivity contribution < 1.29 is 19.4 Å². The van der Waals surface area contributed by atoms with Crippen LogP contribution in [-0.2, 0) is 9.53 Å². The molecule has 0 saturated heterocycles. The number of hydrogen-bond donors (Lipinski definition) is 3. The zero-order chi connectivity index (χ0) is 16.3. The number of hydrogen-bond acceptors (Lipinski definition) is 4. The Bertz CT molecular complexity index is 566. The molecule has 120 valence electrons. The first-order valence-electron chi connectivity index (χ1n) is 7.31. The summed E-state index contributed by atoms with van der Waals surface area (Å²) in [4.78, 5) is 23.2. The van der Waals surface area contributed by atoms with Crippen LogP contribution in [0.3, 0.4) is 0 Å². The van der Waals surface area contributed by atoms with Gasteiger partial charge in [0.25, 0.3) is 0 Å². The number of nitrogens with one attached hydrogen (secondary N) is 2. The summed E-state index contributed by atoms with van der Waals surface area (Å²) in [5.74, 6) is -1.01. The van der Waals surface area contributed by atoms with Gasteiger partial charge in [-0.05, 0) is 38.8 Å². The Morgan fingerprint density at radius 2 is 2.09 bits per heavy atom. The molecule has 0 aromatic heterocycles. The highest BCUT2D eigenvalue weighted by Gasteiger charge is 2.30. The van der Waals surface area contributed by atoms with Crippen molar-refractivity contribution >= 4 is 17.7 Å². The summed E-state index contributed by atoms with van der Waals surface area (Å²) in [6, 6.07) is 6.82. The first-order valence-corrected chi connectivity index (χ1v) is 7.31. The van der Waals surface area contributed by atoms with Crippen LogP contribution >= 0.6 is 0 Å². The summed E-state index contributed by atoms with van der Waals surface area (Å²) in [5.41, 5.74) is 1.45. The summed E-state index contributed by atoms with van der Waals surface area (Å²) < 4.78 is 5.12. The lowest BCUT2D eigenvalue weighted by atomic mass is 9.94. The van der Waals surface area contributed by atoms with Crippen LogP contribution in [0, 0.1) is 0 Å². The van der Waals surface area contributed by atoms with E-state index in [9.17, 15) is 14.7 Å². The van der Waals surface area contributed by atoms with Crippen LogP contribution in [0.25, 0.3) is 0 Å². The number of ether oxygens (including phenoxy) is 1. The van der Waals surface area contributed by atoms with Gasteiger partial charge in [-0.25, -0.2) is 9.59 Å². The lowest BCUT2D eigenvalue weighted by Gasteiger charge is -2.23. The number of rotatable bonds is 4. The minimum absolute atomic E-state index is 0.0484. The minimum Gasteiger partial charge on any atom is -0.480 e. The molecule has 0 fully saturated rings. The molecule has 1 aromatic carbocycles.